The van der Waals surface area contributed by atoms with Crippen LogP contribution in [0.2, 0.25) is 0 Å². The molecule has 0 radical (unpaired) electrons. The quantitative estimate of drug-likeness (QED) is 0.322. The van der Waals surface area contributed by atoms with Crippen molar-refractivity contribution in [3.05, 3.63) is 47.3 Å². The molecule has 3 N–H and O–H groups in total. The first-order valence-corrected chi connectivity index (χ1v) is 9.77. The molecule has 1 heterocycles. The molecule has 1 aromatic heterocycles. The van der Waals surface area contributed by atoms with Crippen LogP contribution in [0.15, 0.2) is 30.6 Å². The van der Waals surface area contributed by atoms with E-state index in [1.54, 1.807) is 5.48 Å². The summed E-state index contributed by atoms with van der Waals surface area (Å²) in [6.07, 6.45) is 6.68. The predicted molar refractivity (Wildman–Crippen MR) is 111 cm³/mol. The Kier molecular flexibility index (Phi) is 8.54. The van der Waals surface area contributed by atoms with Crippen LogP contribution in [0.1, 0.15) is 53.6 Å². The number of anilines is 2. The lowest BCUT2D eigenvalue weighted by molar-refractivity contribution is -0.129. The van der Waals surface area contributed by atoms with Gasteiger partial charge in [-0.3, -0.25) is 14.8 Å². The van der Waals surface area contributed by atoms with Crippen molar-refractivity contribution in [2.45, 2.75) is 46.0 Å². The van der Waals surface area contributed by atoms with Gasteiger partial charge in [0.2, 0.25) is 11.9 Å². The van der Waals surface area contributed by atoms with Crippen molar-refractivity contribution in [2.75, 3.05) is 18.5 Å². The fourth-order valence-electron chi connectivity index (χ4n) is 3.17. The van der Waals surface area contributed by atoms with E-state index in [0.29, 0.717) is 30.9 Å². The van der Waals surface area contributed by atoms with Crippen molar-refractivity contribution < 1.29 is 14.8 Å². The molecule has 0 atom stereocenters. The van der Waals surface area contributed by atoms with Crippen LogP contribution >= 0.6 is 0 Å². The molecule has 0 aliphatic rings. The van der Waals surface area contributed by atoms with Crippen LogP contribution in [0.25, 0.3) is 0 Å². The number of hydrogen-bond donors (Lipinski definition) is 3. The van der Waals surface area contributed by atoms with E-state index < -0.39 is 0 Å². The lowest BCUT2D eigenvalue weighted by atomic mass is 10.1. The van der Waals surface area contributed by atoms with Gasteiger partial charge in [-0.05, 0) is 37.8 Å². The largest absolute Gasteiger partial charge is 0.352 e. The molecule has 0 bridgehead atoms. The lowest BCUT2D eigenvalue weighted by Crippen LogP contribution is -2.25. The highest BCUT2D eigenvalue weighted by atomic mass is 16.5. The van der Waals surface area contributed by atoms with E-state index in [0.717, 1.165) is 36.1 Å². The van der Waals surface area contributed by atoms with Gasteiger partial charge < -0.3 is 10.2 Å². The van der Waals surface area contributed by atoms with E-state index in [9.17, 15) is 9.59 Å². The fraction of sp³-hybridized carbons (Fsp3) is 0.429. The maximum atomic E-state index is 12.2. The summed E-state index contributed by atoms with van der Waals surface area (Å²) in [4.78, 5) is 33.7. The number of nitrogens with zero attached hydrogens (tertiary/aromatic N) is 3. The molecular formula is C21H29N5O3. The molecule has 156 valence electrons. The minimum atomic E-state index is -0.370. The van der Waals surface area contributed by atoms with Crippen molar-refractivity contribution in [3.63, 3.8) is 0 Å². The number of amides is 2. The fourth-order valence-corrected chi connectivity index (χ4v) is 3.17. The third-order valence-electron chi connectivity index (χ3n) is 4.72. The zero-order valence-electron chi connectivity index (χ0n) is 17.2. The van der Waals surface area contributed by atoms with Gasteiger partial charge in [-0.15, -0.1) is 0 Å². The Balaban J connectivity index is 1.81. The van der Waals surface area contributed by atoms with E-state index >= 15 is 0 Å². The number of hydrogen-bond acceptors (Lipinski definition) is 6. The number of aryl methyl sites for hydroxylation is 2. The Labute approximate surface area is 171 Å². The van der Waals surface area contributed by atoms with Gasteiger partial charge in [0, 0.05) is 38.1 Å². The predicted octanol–water partition coefficient (Wildman–Crippen LogP) is 3.05. The van der Waals surface area contributed by atoms with Crippen LogP contribution in [-0.4, -0.2) is 40.6 Å². The molecule has 2 rings (SSSR count). The average molecular weight is 399 g/mol. The first kappa shape index (κ1) is 22.3. The van der Waals surface area contributed by atoms with E-state index in [-0.39, 0.29) is 11.8 Å². The highest BCUT2D eigenvalue weighted by molar-refractivity contribution is 5.93. The second-order valence-electron chi connectivity index (χ2n) is 7.03. The minimum absolute atomic E-state index is 0.203. The Bertz CT molecular complexity index is 803. The number of nitrogens with one attached hydrogen (secondary N) is 2. The SMILES string of the molecule is Cc1cccc(C)c1N(C)c1ncc(C(=O)NCCCCCCC(=O)NO)cn1. The zero-order valence-corrected chi connectivity index (χ0v) is 17.2. The summed E-state index contributed by atoms with van der Waals surface area (Å²) < 4.78 is 0. The second-order valence-corrected chi connectivity index (χ2v) is 7.03. The lowest BCUT2D eigenvalue weighted by Gasteiger charge is -2.21. The van der Waals surface area contributed by atoms with E-state index in [2.05, 4.69) is 15.3 Å². The number of hydroxylamine groups is 1. The number of aromatic nitrogens is 2. The molecule has 0 aliphatic carbocycles. The highest BCUT2D eigenvalue weighted by Gasteiger charge is 2.13. The molecule has 2 aromatic rings. The Hall–Kier alpha value is -3.00. The van der Waals surface area contributed by atoms with Gasteiger partial charge in [0.25, 0.3) is 5.91 Å². The topological polar surface area (TPSA) is 107 Å². The van der Waals surface area contributed by atoms with Crippen molar-refractivity contribution in [2.24, 2.45) is 0 Å². The van der Waals surface area contributed by atoms with Crippen LogP contribution in [0.3, 0.4) is 0 Å². The summed E-state index contributed by atoms with van der Waals surface area (Å²) in [5, 5.41) is 11.3. The molecule has 8 nitrogen and oxygen atoms in total. The Morgan fingerprint density at radius 2 is 1.66 bits per heavy atom. The first-order chi connectivity index (χ1) is 13.9. The van der Waals surface area contributed by atoms with Gasteiger partial charge in [-0.1, -0.05) is 31.0 Å². The second kappa shape index (κ2) is 11.1. The number of carbonyl (C=O) groups is 2. The molecule has 0 aliphatic heterocycles. The molecule has 0 unspecified atom stereocenters. The summed E-state index contributed by atoms with van der Waals surface area (Å²) in [5.41, 5.74) is 5.36. The highest BCUT2D eigenvalue weighted by Crippen LogP contribution is 2.27. The molecule has 1 aromatic carbocycles. The van der Waals surface area contributed by atoms with Crippen LogP contribution in [0.5, 0.6) is 0 Å². The van der Waals surface area contributed by atoms with E-state index in [1.165, 1.54) is 12.4 Å². The number of para-hydroxylation sites is 1. The summed E-state index contributed by atoms with van der Waals surface area (Å²) in [6, 6.07) is 6.10. The van der Waals surface area contributed by atoms with Crippen molar-refractivity contribution in [1.29, 1.82) is 0 Å². The molecule has 0 spiro atoms. The Morgan fingerprint density at radius 1 is 1.03 bits per heavy atom. The number of unbranched alkanes of at least 4 members (excludes halogenated alkanes) is 3. The molecule has 0 saturated heterocycles. The van der Waals surface area contributed by atoms with Gasteiger partial charge in [0.15, 0.2) is 0 Å². The molecular weight excluding hydrogens is 370 g/mol. The smallest absolute Gasteiger partial charge is 0.254 e. The molecule has 29 heavy (non-hydrogen) atoms. The maximum absolute atomic E-state index is 12.2. The number of carbonyl (C=O) groups excluding carboxylic acids is 2. The minimum Gasteiger partial charge on any atom is -0.352 e. The van der Waals surface area contributed by atoms with Gasteiger partial charge in [-0.2, -0.15) is 0 Å². The average Bonchev–Trinajstić information content (AvgIpc) is 2.72. The van der Waals surface area contributed by atoms with Gasteiger partial charge in [0.05, 0.1) is 5.56 Å². The summed E-state index contributed by atoms with van der Waals surface area (Å²) in [7, 11) is 1.91. The Morgan fingerprint density at radius 3 is 2.28 bits per heavy atom. The summed E-state index contributed by atoms with van der Waals surface area (Å²) in [5.74, 6) is -0.0400. The first-order valence-electron chi connectivity index (χ1n) is 9.77. The molecule has 2 amide bonds. The third-order valence-corrected chi connectivity index (χ3v) is 4.72. The van der Waals surface area contributed by atoms with Crippen LogP contribution < -0.4 is 15.7 Å². The van der Waals surface area contributed by atoms with Crippen LogP contribution in [-0.2, 0) is 4.79 Å². The maximum Gasteiger partial charge on any atom is 0.254 e. The zero-order chi connectivity index (χ0) is 21.2. The van der Waals surface area contributed by atoms with Crippen LogP contribution in [0, 0.1) is 13.8 Å². The standard InChI is InChI=1S/C21H29N5O3/c1-15-9-8-10-16(2)19(15)26(3)21-23-13-17(14-24-21)20(28)22-12-7-5-4-6-11-18(27)25-29/h8-10,13-14,29H,4-7,11-12H2,1-3H3,(H,22,28)(H,25,27). The summed E-state index contributed by atoms with van der Waals surface area (Å²) >= 11 is 0. The van der Waals surface area contributed by atoms with E-state index in [1.807, 2.05) is 44.0 Å². The summed E-state index contributed by atoms with van der Waals surface area (Å²) in [6.45, 7) is 4.64. The third kappa shape index (κ3) is 6.53. The monoisotopic (exact) mass is 399 g/mol. The van der Waals surface area contributed by atoms with E-state index in [4.69, 9.17) is 5.21 Å². The van der Waals surface area contributed by atoms with Crippen molar-refractivity contribution >= 4 is 23.5 Å². The van der Waals surface area contributed by atoms with Gasteiger partial charge in [0.1, 0.15) is 0 Å². The number of benzene rings is 1. The van der Waals surface area contributed by atoms with Crippen LogP contribution in [0.4, 0.5) is 11.6 Å². The normalized spacial score (nSPS) is 10.5. The van der Waals surface area contributed by atoms with Gasteiger partial charge in [-0.25, -0.2) is 15.4 Å². The van der Waals surface area contributed by atoms with Crippen molar-refractivity contribution in [1.82, 2.24) is 20.8 Å². The molecule has 8 heteroatoms. The van der Waals surface area contributed by atoms with Crippen molar-refractivity contribution in [3.8, 4) is 0 Å². The molecule has 0 fully saturated rings. The van der Waals surface area contributed by atoms with Gasteiger partial charge >= 0.3 is 0 Å². The number of rotatable bonds is 10. The molecule has 0 saturated carbocycles.